The van der Waals surface area contributed by atoms with Gasteiger partial charge in [0.05, 0.1) is 11.3 Å². The Bertz CT molecular complexity index is 838. The van der Waals surface area contributed by atoms with Crippen molar-refractivity contribution in [2.45, 2.75) is 50.7 Å². The average Bonchev–Trinajstić information content (AvgIpc) is 3.05. The molecule has 2 aliphatic rings. The molecule has 1 aromatic heterocycles. The molecule has 0 aliphatic carbocycles. The Labute approximate surface area is 189 Å². The topological polar surface area (TPSA) is 83.1 Å². The average molecular weight is 451 g/mol. The van der Waals surface area contributed by atoms with E-state index in [1.165, 1.54) is 12.8 Å². The first-order valence-corrected chi connectivity index (χ1v) is 9.99. The van der Waals surface area contributed by atoms with Crippen molar-refractivity contribution >= 4 is 42.3 Å². The SMILES string of the molecule is Cl.Cl.O=C(CC1CC2CCC(C1)N2)Nc1ccccc1C(=O)NCc1cccnc1. The lowest BCUT2D eigenvalue weighted by Crippen LogP contribution is -2.39. The van der Waals surface area contributed by atoms with Crippen LogP contribution in [0.2, 0.25) is 0 Å². The molecular weight excluding hydrogens is 423 g/mol. The van der Waals surface area contributed by atoms with Gasteiger partial charge in [-0.05, 0) is 55.4 Å². The number of hydrogen-bond donors (Lipinski definition) is 3. The van der Waals surface area contributed by atoms with E-state index in [-0.39, 0.29) is 36.6 Å². The van der Waals surface area contributed by atoms with Crippen LogP contribution in [0.25, 0.3) is 0 Å². The van der Waals surface area contributed by atoms with Gasteiger partial charge in [-0.1, -0.05) is 18.2 Å². The fraction of sp³-hybridized carbons (Fsp3) is 0.409. The number of halogens is 2. The van der Waals surface area contributed by atoms with Crippen molar-refractivity contribution in [1.82, 2.24) is 15.6 Å². The Hall–Kier alpha value is -2.15. The molecule has 3 N–H and O–H groups in total. The van der Waals surface area contributed by atoms with Crippen LogP contribution < -0.4 is 16.0 Å². The van der Waals surface area contributed by atoms with E-state index in [2.05, 4.69) is 20.9 Å². The van der Waals surface area contributed by atoms with Crippen LogP contribution in [0.15, 0.2) is 48.8 Å². The zero-order valence-corrected chi connectivity index (χ0v) is 18.3. The van der Waals surface area contributed by atoms with Gasteiger partial charge in [0.25, 0.3) is 5.91 Å². The van der Waals surface area contributed by atoms with Crippen LogP contribution in [0.3, 0.4) is 0 Å². The van der Waals surface area contributed by atoms with Crippen molar-refractivity contribution in [3.63, 3.8) is 0 Å². The highest BCUT2D eigenvalue weighted by Gasteiger charge is 2.34. The van der Waals surface area contributed by atoms with Crippen LogP contribution in [-0.2, 0) is 11.3 Å². The van der Waals surface area contributed by atoms with Gasteiger partial charge < -0.3 is 16.0 Å². The second-order valence-electron chi connectivity index (χ2n) is 7.82. The van der Waals surface area contributed by atoms with Crippen molar-refractivity contribution in [3.8, 4) is 0 Å². The van der Waals surface area contributed by atoms with Crippen LogP contribution in [0.4, 0.5) is 5.69 Å². The predicted octanol–water partition coefficient (Wildman–Crippen LogP) is 3.71. The van der Waals surface area contributed by atoms with E-state index in [1.807, 2.05) is 18.2 Å². The van der Waals surface area contributed by atoms with E-state index in [0.29, 0.717) is 42.2 Å². The number of carbonyl (C=O) groups excluding carboxylic acids is 2. The van der Waals surface area contributed by atoms with Gasteiger partial charge in [-0.25, -0.2) is 0 Å². The van der Waals surface area contributed by atoms with Crippen LogP contribution in [-0.4, -0.2) is 28.9 Å². The zero-order chi connectivity index (χ0) is 19.3. The van der Waals surface area contributed by atoms with Crippen LogP contribution >= 0.6 is 24.8 Å². The summed E-state index contributed by atoms with van der Waals surface area (Å²) in [6, 6.07) is 12.0. The summed E-state index contributed by atoms with van der Waals surface area (Å²) < 4.78 is 0. The quantitative estimate of drug-likeness (QED) is 0.625. The monoisotopic (exact) mass is 450 g/mol. The fourth-order valence-electron chi connectivity index (χ4n) is 4.38. The standard InChI is InChI=1S/C22H26N4O2.2ClH/c27-21(12-16-10-17-7-8-18(11-16)25-17)26-20-6-2-1-5-19(20)22(28)24-14-15-4-3-9-23-13-15;;/h1-6,9,13,16-18,25H,7-8,10-12,14H2,(H,24,28)(H,26,27);2*1H. The third-order valence-electron chi connectivity index (χ3n) is 5.67. The van der Waals surface area contributed by atoms with Crippen molar-refractivity contribution in [1.29, 1.82) is 0 Å². The first-order chi connectivity index (χ1) is 13.7. The van der Waals surface area contributed by atoms with E-state index in [0.717, 1.165) is 18.4 Å². The van der Waals surface area contributed by atoms with Gasteiger partial charge in [0, 0.05) is 37.4 Å². The molecule has 2 bridgehead atoms. The largest absolute Gasteiger partial charge is 0.348 e. The molecule has 30 heavy (non-hydrogen) atoms. The molecule has 2 aliphatic heterocycles. The number of hydrogen-bond acceptors (Lipinski definition) is 4. The molecule has 0 saturated carbocycles. The number of amides is 2. The number of pyridine rings is 1. The van der Waals surface area contributed by atoms with Crippen LogP contribution in [0, 0.1) is 5.92 Å². The first-order valence-electron chi connectivity index (χ1n) is 9.99. The molecule has 3 heterocycles. The van der Waals surface area contributed by atoms with Crippen molar-refractivity contribution < 1.29 is 9.59 Å². The highest BCUT2D eigenvalue weighted by molar-refractivity contribution is 6.03. The fourth-order valence-corrected chi connectivity index (χ4v) is 4.38. The number of fused-ring (bicyclic) bond motifs is 2. The predicted molar refractivity (Wildman–Crippen MR) is 122 cm³/mol. The molecule has 2 aromatic rings. The third-order valence-corrected chi connectivity index (χ3v) is 5.67. The second kappa shape index (κ2) is 11.3. The van der Waals surface area contributed by atoms with Crippen molar-refractivity contribution in [2.75, 3.05) is 5.32 Å². The molecule has 2 fully saturated rings. The number of aromatic nitrogens is 1. The molecular formula is C22H28Cl2N4O2. The number of anilines is 1. The number of benzene rings is 1. The van der Waals surface area contributed by atoms with Gasteiger partial charge in [-0.3, -0.25) is 14.6 Å². The zero-order valence-electron chi connectivity index (χ0n) is 16.7. The Kier molecular flexibility index (Phi) is 9.08. The van der Waals surface area contributed by atoms with Crippen molar-refractivity contribution in [3.05, 3.63) is 59.9 Å². The molecule has 0 spiro atoms. The second-order valence-corrected chi connectivity index (χ2v) is 7.82. The minimum atomic E-state index is -0.209. The Morgan fingerprint density at radius 2 is 1.77 bits per heavy atom. The highest BCUT2D eigenvalue weighted by atomic mass is 35.5. The number of carbonyl (C=O) groups is 2. The summed E-state index contributed by atoms with van der Waals surface area (Å²) in [6.45, 7) is 0.396. The lowest BCUT2D eigenvalue weighted by atomic mass is 9.89. The first kappa shape index (κ1) is 24.1. The molecule has 8 heteroatoms. The smallest absolute Gasteiger partial charge is 0.253 e. The van der Waals surface area contributed by atoms with Gasteiger partial charge in [-0.15, -0.1) is 24.8 Å². The number of para-hydroxylation sites is 1. The molecule has 4 rings (SSSR count). The maximum atomic E-state index is 12.6. The van der Waals surface area contributed by atoms with Gasteiger partial charge in [0.1, 0.15) is 0 Å². The van der Waals surface area contributed by atoms with E-state index in [4.69, 9.17) is 0 Å². The Morgan fingerprint density at radius 1 is 1.03 bits per heavy atom. The summed E-state index contributed by atoms with van der Waals surface area (Å²) in [4.78, 5) is 29.3. The molecule has 2 atom stereocenters. The van der Waals surface area contributed by atoms with E-state index >= 15 is 0 Å². The van der Waals surface area contributed by atoms with Gasteiger partial charge in [-0.2, -0.15) is 0 Å². The molecule has 2 unspecified atom stereocenters. The maximum absolute atomic E-state index is 12.6. The van der Waals surface area contributed by atoms with Crippen molar-refractivity contribution in [2.24, 2.45) is 5.92 Å². The number of piperidine rings is 1. The Morgan fingerprint density at radius 3 is 2.47 bits per heavy atom. The number of rotatable bonds is 6. The molecule has 1 aromatic carbocycles. The lowest BCUT2D eigenvalue weighted by molar-refractivity contribution is -0.117. The van der Waals surface area contributed by atoms with E-state index < -0.39 is 0 Å². The minimum Gasteiger partial charge on any atom is -0.348 e. The van der Waals surface area contributed by atoms with Crippen LogP contribution in [0.1, 0.15) is 48.0 Å². The minimum absolute atomic E-state index is 0. The summed E-state index contributed by atoms with van der Waals surface area (Å²) in [6.07, 6.45) is 8.52. The van der Waals surface area contributed by atoms with E-state index in [9.17, 15) is 9.59 Å². The summed E-state index contributed by atoms with van der Waals surface area (Å²) >= 11 is 0. The highest BCUT2D eigenvalue weighted by Crippen LogP contribution is 2.32. The molecule has 0 radical (unpaired) electrons. The number of nitrogens with one attached hydrogen (secondary N) is 3. The maximum Gasteiger partial charge on any atom is 0.253 e. The summed E-state index contributed by atoms with van der Waals surface area (Å²) in [5.74, 6) is 0.198. The van der Waals surface area contributed by atoms with Gasteiger partial charge in [0.2, 0.25) is 5.91 Å². The third kappa shape index (κ3) is 6.17. The molecule has 2 saturated heterocycles. The Balaban J connectivity index is 0.00000160. The van der Waals surface area contributed by atoms with Crippen LogP contribution in [0.5, 0.6) is 0 Å². The normalized spacial score (nSPS) is 21.7. The summed E-state index contributed by atoms with van der Waals surface area (Å²) in [5, 5.41) is 9.45. The molecule has 2 amide bonds. The summed E-state index contributed by atoms with van der Waals surface area (Å²) in [5.41, 5.74) is 1.97. The molecule has 162 valence electrons. The molecule has 6 nitrogen and oxygen atoms in total. The van der Waals surface area contributed by atoms with Gasteiger partial charge >= 0.3 is 0 Å². The number of nitrogens with zero attached hydrogens (tertiary/aromatic N) is 1. The van der Waals surface area contributed by atoms with Gasteiger partial charge in [0.15, 0.2) is 0 Å². The lowest BCUT2D eigenvalue weighted by Gasteiger charge is -2.28. The summed E-state index contributed by atoms with van der Waals surface area (Å²) in [7, 11) is 0. The van der Waals surface area contributed by atoms with E-state index in [1.54, 1.807) is 30.6 Å².